The molecular weight excluding hydrogens is 336 g/mol. The molecule has 0 spiro atoms. The number of hydrogen-bond acceptors (Lipinski definition) is 4. The summed E-state index contributed by atoms with van der Waals surface area (Å²) in [5, 5.41) is 0. The van der Waals surface area contributed by atoms with E-state index in [1.165, 1.54) is 12.8 Å². The zero-order chi connectivity index (χ0) is 19.2. The topological polar surface area (TPSA) is 32.8 Å². The minimum atomic E-state index is -0.372. The van der Waals surface area contributed by atoms with Crippen molar-refractivity contribution in [3.05, 3.63) is 59.7 Å². The summed E-state index contributed by atoms with van der Waals surface area (Å²) in [4.78, 5) is 17.0. The van der Waals surface area contributed by atoms with Gasteiger partial charge in [0.15, 0.2) is 0 Å². The van der Waals surface area contributed by atoms with Crippen LogP contribution in [0.15, 0.2) is 48.5 Å². The van der Waals surface area contributed by atoms with Crippen LogP contribution in [0.4, 0.5) is 11.4 Å². The normalized spacial score (nSPS) is 15.4. The minimum Gasteiger partial charge on any atom is -0.434 e. The first-order valence-electron chi connectivity index (χ1n) is 10.0. The quantitative estimate of drug-likeness (QED) is 0.556. The van der Waals surface area contributed by atoms with Gasteiger partial charge in [0.2, 0.25) is 6.23 Å². The fourth-order valence-electron chi connectivity index (χ4n) is 3.52. The number of hydrogen-bond donors (Lipinski definition) is 0. The van der Waals surface area contributed by atoms with Gasteiger partial charge in [0.1, 0.15) is 0 Å². The second-order valence-electron chi connectivity index (χ2n) is 7.17. The van der Waals surface area contributed by atoms with E-state index in [1.807, 2.05) is 48.3 Å². The highest BCUT2D eigenvalue weighted by Crippen LogP contribution is 2.37. The monoisotopic (exact) mass is 366 g/mol. The lowest BCUT2D eigenvalue weighted by Crippen LogP contribution is -2.26. The predicted molar refractivity (Wildman–Crippen MR) is 111 cm³/mol. The van der Waals surface area contributed by atoms with Crippen LogP contribution in [0.25, 0.3) is 0 Å². The minimum absolute atomic E-state index is 0.231. The fraction of sp³-hybridized carbons (Fsp3) is 0.435. The molecule has 1 aliphatic rings. The van der Waals surface area contributed by atoms with Crippen LogP contribution < -0.4 is 9.80 Å². The molecule has 0 aromatic heterocycles. The Hall–Kier alpha value is -2.49. The van der Waals surface area contributed by atoms with Crippen LogP contribution in [-0.2, 0) is 4.74 Å². The van der Waals surface area contributed by atoms with Gasteiger partial charge in [-0.1, -0.05) is 51.0 Å². The van der Waals surface area contributed by atoms with E-state index in [-0.39, 0.29) is 12.2 Å². The van der Waals surface area contributed by atoms with Crippen LogP contribution in [-0.4, -0.2) is 26.1 Å². The zero-order valence-corrected chi connectivity index (χ0v) is 16.6. The SMILES string of the molecule is CCCCN(CCCC)c1ccc2c(c1)C(=O)OC2N(C)c1ccccc1. The summed E-state index contributed by atoms with van der Waals surface area (Å²) in [6.07, 6.45) is 4.28. The van der Waals surface area contributed by atoms with Crippen LogP contribution in [0.2, 0.25) is 0 Å². The molecule has 0 amide bonds. The largest absolute Gasteiger partial charge is 0.434 e. The summed E-state index contributed by atoms with van der Waals surface area (Å²) in [6.45, 7) is 6.47. The van der Waals surface area contributed by atoms with Crippen molar-refractivity contribution in [3.8, 4) is 0 Å². The highest BCUT2D eigenvalue weighted by atomic mass is 16.6. The summed E-state index contributed by atoms with van der Waals surface area (Å²) in [7, 11) is 1.96. The summed E-state index contributed by atoms with van der Waals surface area (Å²) in [5.74, 6) is -0.231. The Balaban J connectivity index is 1.85. The van der Waals surface area contributed by atoms with Gasteiger partial charge in [-0.2, -0.15) is 0 Å². The van der Waals surface area contributed by atoms with Crippen molar-refractivity contribution in [2.45, 2.75) is 45.8 Å². The first-order chi connectivity index (χ1) is 13.2. The van der Waals surface area contributed by atoms with E-state index >= 15 is 0 Å². The molecule has 0 saturated heterocycles. The van der Waals surface area contributed by atoms with Crippen molar-refractivity contribution in [2.75, 3.05) is 29.9 Å². The summed E-state index contributed by atoms with van der Waals surface area (Å²) in [6, 6.07) is 16.2. The number of cyclic esters (lactones) is 1. The Labute approximate surface area is 162 Å². The number of para-hydroxylation sites is 1. The Kier molecular flexibility index (Phi) is 6.38. The molecule has 0 bridgehead atoms. The molecule has 0 N–H and O–H groups in total. The standard InChI is InChI=1S/C23H30N2O2/c1-4-6-15-25(16-7-5-2)19-13-14-20-21(17-19)23(26)27-22(20)24(3)18-11-9-8-10-12-18/h8-14,17,22H,4-7,15-16H2,1-3H3. The highest BCUT2D eigenvalue weighted by molar-refractivity contribution is 5.95. The third kappa shape index (κ3) is 4.26. The van der Waals surface area contributed by atoms with Crippen LogP contribution in [0.1, 0.15) is 61.7 Å². The molecule has 0 fully saturated rings. The van der Waals surface area contributed by atoms with E-state index in [1.54, 1.807) is 0 Å². The van der Waals surface area contributed by atoms with Crippen LogP contribution in [0.5, 0.6) is 0 Å². The van der Waals surface area contributed by atoms with E-state index in [0.29, 0.717) is 5.56 Å². The van der Waals surface area contributed by atoms with Gasteiger partial charge >= 0.3 is 5.97 Å². The number of carbonyl (C=O) groups excluding carboxylic acids is 1. The van der Waals surface area contributed by atoms with Crippen molar-refractivity contribution < 1.29 is 9.53 Å². The zero-order valence-electron chi connectivity index (χ0n) is 16.6. The molecular formula is C23H30N2O2. The summed E-state index contributed by atoms with van der Waals surface area (Å²) in [5.41, 5.74) is 3.79. The Morgan fingerprint density at radius 3 is 2.22 bits per heavy atom. The molecule has 0 saturated carbocycles. The van der Waals surface area contributed by atoms with Gasteiger partial charge in [-0.3, -0.25) is 0 Å². The number of benzene rings is 2. The maximum Gasteiger partial charge on any atom is 0.340 e. The van der Waals surface area contributed by atoms with E-state index in [0.717, 1.165) is 42.9 Å². The number of rotatable bonds is 9. The molecule has 1 atom stereocenters. The Morgan fingerprint density at radius 2 is 1.59 bits per heavy atom. The molecule has 0 radical (unpaired) electrons. The lowest BCUT2D eigenvalue weighted by Gasteiger charge is -2.27. The number of unbranched alkanes of at least 4 members (excludes halogenated alkanes) is 2. The molecule has 2 aromatic carbocycles. The molecule has 4 heteroatoms. The lowest BCUT2D eigenvalue weighted by atomic mass is 10.1. The summed E-state index contributed by atoms with van der Waals surface area (Å²) < 4.78 is 5.71. The number of ether oxygens (including phenoxy) is 1. The van der Waals surface area contributed by atoms with E-state index in [9.17, 15) is 4.79 Å². The molecule has 0 aliphatic carbocycles. The number of anilines is 2. The van der Waals surface area contributed by atoms with Crippen LogP contribution in [0, 0.1) is 0 Å². The van der Waals surface area contributed by atoms with E-state index in [2.05, 4.69) is 30.9 Å². The van der Waals surface area contributed by atoms with Crippen LogP contribution >= 0.6 is 0 Å². The molecule has 1 unspecified atom stereocenters. The van der Waals surface area contributed by atoms with Gasteiger partial charge < -0.3 is 14.5 Å². The second-order valence-corrected chi connectivity index (χ2v) is 7.17. The maximum absolute atomic E-state index is 12.5. The van der Waals surface area contributed by atoms with Crippen molar-refractivity contribution in [1.29, 1.82) is 0 Å². The van der Waals surface area contributed by atoms with E-state index in [4.69, 9.17) is 4.74 Å². The third-order valence-corrected chi connectivity index (χ3v) is 5.19. The van der Waals surface area contributed by atoms with Crippen molar-refractivity contribution in [3.63, 3.8) is 0 Å². The summed E-state index contributed by atoms with van der Waals surface area (Å²) >= 11 is 0. The number of esters is 1. The molecule has 4 nitrogen and oxygen atoms in total. The predicted octanol–water partition coefficient (Wildman–Crippen LogP) is 5.40. The van der Waals surface area contributed by atoms with Gasteiger partial charge in [0, 0.05) is 37.1 Å². The van der Waals surface area contributed by atoms with Gasteiger partial charge in [-0.05, 0) is 37.1 Å². The molecule has 144 valence electrons. The van der Waals surface area contributed by atoms with Crippen molar-refractivity contribution in [1.82, 2.24) is 0 Å². The van der Waals surface area contributed by atoms with E-state index < -0.39 is 0 Å². The van der Waals surface area contributed by atoms with Crippen LogP contribution in [0.3, 0.4) is 0 Å². The first kappa shape index (κ1) is 19.3. The lowest BCUT2D eigenvalue weighted by molar-refractivity contribution is 0.0388. The molecule has 27 heavy (non-hydrogen) atoms. The first-order valence-corrected chi connectivity index (χ1v) is 10.0. The van der Waals surface area contributed by atoms with Gasteiger partial charge in [0.25, 0.3) is 0 Å². The molecule has 2 aromatic rings. The third-order valence-electron chi connectivity index (χ3n) is 5.19. The Morgan fingerprint density at radius 1 is 0.926 bits per heavy atom. The highest BCUT2D eigenvalue weighted by Gasteiger charge is 2.34. The molecule has 3 rings (SSSR count). The number of nitrogens with zero attached hydrogens (tertiary/aromatic N) is 2. The average Bonchev–Trinajstić information content (AvgIpc) is 3.04. The number of fused-ring (bicyclic) bond motifs is 1. The average molecular weight is 367 g/mol. The number of carbonyl (C=O) groups is 1. The molecule has 1 aliphatic heterocycles. The maximum atomic E-state index is 12.5. The van der Waals surface area contributed by atoms with Gasteiger partial charge in [-0.25, -0.2) is 4.79 Å². The smallest absolute Gasteiger partial charge is 0.340 e. The van der Waals surface area contributed by atoms with Gasteiger partial charge in [-0.15, -0.1) is 0 Å². The van der Waals surface area contributed by atoms with Crippen molar-refractivity contribution >= 4 is 17.3 Å². The Bertz CT molecular complexity index is 752. The van der Waals surface area contributed by atoms with Crippen molar-refractivity contribution in [2.24, 2.45) is 0 Å². The second kappa shape index (κ2) is 8.94. The fourth-order valence-corrected chi connectivity index (χ4v) is 3.52. The molecule has 1 heterocycles. The van der Waals surface area contributed by atoms with Gasteiger partial charge in [0.05, 0.1) is 5.56 Å².